The molecule has 22 aromatic rings. The first-order chi connectivity index (χ1) is 55.5. The Morgan fingerprint density at radius 3 is 1.02 bits per heavy atom. The van der Waals surface area contributed by atoms with Gasteiger partial charge in [-0.3, -0.25) is 0 Å². The Morgan fingerprint density at radius 1 is 0.170 bits per heavy atom. The average Bonchev–Trinajstić information content (AvgIpc) is 1.58. The van der Waals surface area contributed by atoms with Crippen molar-refractivity contribution in [1.29, 1.82) is 0 Å². The van der Waals surface area contributed by atoms with Crippen LogP contribution in [0.25, 0.3) is 212 Å². The van der Waals surface area contributed by atoms with Crippen LogP contribution in [0.1, 0.15) is 0 Å². The van der Waals surface area contributed by atoms with E-state index in [1.807, 2.05) is 146 Å². The van der Waals surface area contributed by atoms with Gasteiger partial charge in [0.05, 0.1) is 27.8 Å². The number of fused-ring (bicyclic) bond motifs is 12. The zero-order chi connectivity index (χ0) is 74.0. The summed E-state index contributed by atoms with van der Waals surface area (Å²) in [6, 6.07) is 135. The second-order valence-corrected chi connectivity index (χ2v) is 28.1. The molecule has 22 rings (SSSR count). The van der Waals surface area contributed by atoms with E-state index in [-0.39, 0.29) is 0 Å². The van der Waals surface area contributed by atoms with E-state index in [2.05, 4.69) is 252 Å². The molecule has 0 atom stereocenters. The van der Waals surface area contributed by atoms with Gasteiger partial charge in [-0.2, -0.15) is 0 Å². The molecule has 0 radical (unpaired) electrons. The van der Waals surface area contributed by atoms with E-state index in [1.54, 1.807) is 0 Å². The Kier molecular flexibility index (Phi) is 16.0. The highest BCUT2D eigenvalue weighted by atomic mass is 16.3. The van der Waals surface area contributed by atoms with Gasteiger partial charge in [0, 0.05) is 87.7 Å². The molecule has 0 aliphatic rings. The molecule has 0 aliphatic carbocycles. The molecule has 10 nitrogen and oxygen atoms in total. The van der Waals surface area contributed by atoms with Gasteiger partial charge in [-0.1, -0.05) is 297 Å². The maximum Gasteiger partial charge on any atom is 0.164 e. The van der Waals surface area contributed by atoms with Crippen molar-refractivity contribution in [3.05, 3.63) is 388 Å². The molecule has 6 heterocycles. The number of benzene rings is 16. The molecule has 6 aromatic heterocycles. The minimum atomic E-state index is 0.619. The zero-order valence-corrected chi connectivity index (χ0v) is 60.3. The van der Waals surface area contributed by atoms with Gasteiger partial charge >= 0.3 is 0 Å². The fourth-order valence-electron chi connectivity index (χ4n) is 16.0. The summed E-state index contributed by atoms with van der Waals surface area (Å²) in [4.78, 5) is 30.2. The molecule has 16 aromatic carbocycles. The molecule has 0 spiro atoms. The topological polar surface area (TPSA) is 113 Å². The Labute approximate surface area is 643 Å². The molecule has 0 saturated carbocycles. The number of para-hydroxylation sites is 4. The van der Waals surface area contributed by atoms with Crippen LogP contribution in [-0.4, -0.2) is 39.0 Å². The van der Waals surface area contributed by atoms with Gasteiger partial charge in [0.25, 0.3) is 0 Å². The highest BCUT2D eigenvalue weighted by Crippen LogP contribution is 2.44. The molecule has 0 saturated heterocycles. The molecule has 524 valence electrons. The third kappa shape index (κ3) is 11.7. The third-order valence-corrected chi connectivity index (χ3v) is 21.3. The SMILES string of the molecule is c1ccc(-c2nc(-c3ccccc3)nc(-c3ccc(-n4c5ccccc5c5ccc(-c6ccc7oc8ccccc8c7c6)cc54)c(-c4ccccc4)c3)n2)cc1.c1ccc(-c2nc(-c3ccccc3)nc(-c3ccccc3-c3cccc(-n4c5ccccc5c5ccc(-c6ccc7oc8ccccc8c7c6)cc54)c3)n2)cc1. The molecule has 0 bridgehead atoms. The van der Waals surface area contributed by atoms with Gasteiger partial charge in [-0.15, -0.1) is 0 Å². The molecule has 0 N–H and O–H groups in total. The summed E-state index contributed by atoms with van der Waals surface area (Å²) in [6.45, 7) is 0. The van der Waals surface area contributed by atoms with E-state index in [0.717, 1.165) is 155 Å². The van der Waals surface area contributed by atoms with E-state index in [1.165, 1.54) is 21.5 Å². The lowest BCUT2D eigenvalue weighted by Crippen LogP contribution is -2.02. The van der Waals surface area contributed by atoms with Crippen molar-refractivity contribution in [2.75, 3.05) is 0 Å². The van der Waals surface area contributed by atoms with Crippen LogP contribution in [-0.2, 0) is 0 Å². The van der Waals surface area contributed by atoms with Gasteiger partial charge < -0.3 is 18.0 Å². The van der Waals surface area contributed by atoms with E-state index >= 15 is 0 Å². The van der Waals surface area contributed by atoms with Crippen molar-refractivity contribution in [2.24, 2.45) is 0 Å². The summed E-state index contributed by atoms with van der Waals surface area (Å²) in [5, 5.41) is 9.30. The van der Waals surface area contributed by atoms with Gasteiger partial charge in [0.1, 0.15) is 22.3 Å². The monoisotopic (exact) mass is 1430 g/mol. The van der Waals surface area contributed by atoms with Crippen molar-refractivity contribution in [1.82, 2.24) is 39.0 Å². The van der Waals surface area contributed by atoms with Crippen molar-refractivity contribution < 1.29 is 8.83 Å². The lowest BCUT2D eigenvalue weighted by Gasteiger charge is -2.16. The fraction of sp³-hybridized carbons (Fsp3) is 0. The Morgan fingerprint density at radius 2 is 0.518 bits per heavy atom. The third-order valence-electron chi connectivity index (χ3n) is 21.3. The number of aromatic nitrogens is 8. The number of hydrogen-bond acceptors (Lipinski definition) is 8. The predicted molar refractivity (Wildman–Crippen MR) is 457 cm³/mol. The summed E-state index contributed by atoms with van der Waals surface area (Å²) in [5.41, 5.74) is 24.8. The summed E-state index contributed by atoms with van der Waals surface area (Å²) in [6.07, 6.45) is 0. The zero-order valence-electron chi connectivity index (χ0n) is 60.3. The van der Waals surface area contributed by atoms with Crippen LogP contribution in [0.15, 0.2) is 397 Å². The molecular formula is C102H64N8O2. The maximum atomic E-state index is 6.17. The molecule has 0 aliphatic heterocycles. The first-order valence-corrected chi connectivity index (χ1v) is 37.5. The van der Waals surface area contributed by atoms with Crippen LogP contribution in [0.2, 0.25) is 0 Å². The van der Waals surface area contributed by atoms with Crippen LogP contribution in [0.4, 0.5) is 0 Å². The van der Waals surface area contributed by atoms with Gasteiger partial charge in [-0.25, -0.2) is 29.9 Å². The van der Waals surface area contributed by atoms with Gasteiger partial charge in [-0.05, 0) is 130 Å². The van der Waals surface area contributed by atoms with Crippen molar-refractivity contribution in [3.63, 3.8) is 0 Å². The van der Waals surface area contributed by atoms with E-state index in [9.17, 15) is 0 Å². The van der Waals surface area contributed by atoms with E-state index in [4.69, 9.17) is 38.7 Å². The molecule has 112 heavy (non-hydrogen) atoms. The molecule has 0 unspecified atom stereocenters. The van der Waals surface area contributed by atoms with Crippen LogP contribution >= 0.6 is 0 Å². The number of furan rings is 2. The van der Waals surface area contributed by atoms with Crippen molar-refractivity contribution in [3.8, 4) is 124 Å². The molecular weight excluding hydrogens is 1370 g/mol. The van der Waals surface area contributed by atoms with Crippen molar-refractivity contribution in [2.45, 2.75) is 0 Å². The first kappa shape index (κ1) is 65.1. The maximum absolute atomic E-state index is 6.17. The smallest absolute Gasteiger partial charge is 0.164 e. The van der Waals surface area contributed by atoms with Crippen molar-refractivity contribution >= 4 is 87.5 Å². The highest BCUT2D eigenvalue weighted by Gasteiger charge is 2.23. The number of nitrogens with zero attached hydrogens (tertiary/aromatic N) is 8. The number of hydrogen-bond donors (Lipinski definition) is 0. The highest BCUT2D eigenvalue weighted by molar-refractivity contribution is 6.13. The molecule has 0 amide bonds. The normalized spacial score (nSPS) is 11.6. The minimum Gasteiger partial charge on any atom is -0.456 e. The Balaban J connectivity index is 0.000000141. The van der Waals surface area contributed by atoms with Gasteiger partial charge in [0.2, 0.25) is 0 Å². The Bertz CT molecular complexity index is 7260. The molecule has 10 heteroatoms. The van der Waals surface area contributed by atoms with Crippen LogP contribution < -0.4 is 0 Å². The number of rotatable bonds is 12. The first-order valence-electron chi connectivity index (χ1n) is 37.5. The Hall–Kier alpha value is -15.3. The second-order valence-electron chi connectivity index (χ2n) is 28.1. The largest absolute Gasteiger partial charge is 0.456 e. The standard InChI is InChI=1S/2C51H32N4O/c1-4-14-33(15-5-1)42-31-38(51-53-49(34-16-6-2-7-17-34)52-50(54-51)35-18-8-3-9-19-35)25-28-45(42)55-44-22-12-10-20-39(44)40-27-24-37(32-46(40)55)36-26-29-48-43(30-36)41-21-11-13-23-47(41)56-48;1-3-14-33(15-4-1)49-52-50(34-16-5-2-6-17-34)54-51(53-49)43-23-8-7-20-39(43)37-18-13-19-38(30-37)55-45-24-11-9-21-40(45)41-28-26-36(32-46(41)55)35-27-29-48-44(31-35)42-22-10-12-25-47(42)56-48/h2*1-32H. The lowest BCUT2D eigenvalue weighted by atomic mass is 9.98. The van der Waals surface area contributed by atoms with E-state index in [0.29, 0.717) is 34.9 Å². The lowest BCUT2D eigenvalue weighted by molar-refractivity contribution is 0.668. The van der Waals surface area contributed by atoms with E-state index < -0.39 is 0 Å². The quantitative estimate of drug-likeness (QED) is 0.119. The van der Waals surface area contributed by atoms with Gasteiger partial charge in [0.15, 0.2) is 34.9 Å². The molecule has 0 fully saturated rings. The fourth-order valence-corrected chi connectivity index (χ4v) is 16.0. The second kappa shape index (κ2) is 27.5. The predicted octanol–water partition coefficient (Wildman–Crippen LogP) is 26.4. The van der Waals surface area contributed by atoms with Crippen LogP contribution in [0.3, 0.4) is 0 Å². The minimum absolute atomic E-state index is 0.619. The average molecular weight is 1430 g/mol. The summed E-state index contributed by atoms with van der Waals surface area (Å²) in [7, 11) is 0. The summed E-state index contributed by atoms with van der Waals surface area (Å²) < 4.78 is 17.1. The van der Waals surface area contributed by atoms with Crippen LogP contribution in [0, 0.1) is 0 Å². The summed E-state index contributed by atoms with van der Waals surface area (Å²) in [5.74, 6) is 3.79. The van der Waals surface area contributed by atoms with Crippen LogP contribution in [0.5, 0.6) is 0 Å². The summed E-state index contributed by atoms with van der Waals surface area (Å²) >= 11 is 0.